The van der Waals surface area contributed by atoms with Crippen LogP contribution in [0.1, 0.15) is 31.2 Å². The van der Waals surface area contributed by atoms with E-state index in [1.165, 1.54) is 31.4 Å². The third kappa shape index (κ3) is 3.02. The molecule has 1 heterocycles. The van der Waals surface area contributed by atoms with Gasteiger partial charge in [-0.15, -0.1) is 0 Å². The van der Waals surface area contributed by atoms with Crippen molar-refractivity contribution in [1.82, 2.24) is 5.32 Å². The quantitative estimate of drug-likeness (QED) is 0.883. The number of nitrogens with one attached hydrogen (secondary N) is 1. The Morgan fingerprint density at radius 3 is 3.11 bits per heavy atom. The molecule has 0 amide bonds. The van der Waals surface area contributed by atoms with Gasteiger partial charge in [0.25, 0.3) is 0 Å². The van der Waals surface area contributed by atoms with Crippen molar-refractivity contribution in [2.24, 2.45) is 0 Å². The Morgan fingerprint density at radius 1 is 1.44 bits per heavy atom. The fourth-order valence-corrected chi connectivity index (χ4v) is 2.71. The van der Waals surface area contributed by atoms with Crippen molar-refractivity contribution in [3.8, 4) is 6.07 Å². The fourth-order valence-electron chi connectivity index (χ4n) is 2.71. The molecule has 1 atom stereocenters. The number of anilines is 1. The summed E-state index contributed by atoms with van der Waals surface area (Å²) >= 11 is 0. The third-order valence-corrected chi connectivity index (χ3v) is 3.66. The minimum atomic E-state index is 0.611. The second-order valence-electron chi connectivity index (χ2n) is 4.90. The first-order chi connectivity index (χ1) is 8.85. The summed E-state index contributed by atoms with van der Waals surface area (Å²) in [5.74, 6) is 0. The van der Waals surface area contributed by atoms with Gasteiger partial charge in [0.05, 0.1) is 11.6 Å². The molecule has 3 nitrogen and oxygen atoms in total. The lowest BCUT2D eigenvalue weighted by molar-refractivity contribution is 0.433. The van der Waals surface area contributed by atoms with Crippen molar-refractivity contribution >= 4 is 5.69 Å². The van der Waals surface area contributed by atoms with Crippen LogP contribution < -0.4 is 10.2 Å². The van der Waals surface area contributed by atoms with E-state index in [1.54, 1.807) is 0 Å². The molecular formula is C15H21N3. The summed E-state index contributed by atoms with van der Waals surface area (Å²) < 4.78 is 0. The van der Waals surface area contributed by atoms with Gasteiger partial charge in [-0.2, -0.15) is 5.26 Å². The van der Waals surface area contributed by atoms with E-state index in [0.717, 1.165) is 18.7 Å². The zero-order valence-corrected chi connectivity index (χ0v) is 11.0. The van der Waals surface area contributed by atoms with Crippen molar-refractivity contribution in [2.45, 2.75) is 31.7 Å². The average Bonchev–Trinajstić information content (AvgIpc) is 2.45. The van der Waals surface area contributed by atoms with Crippen LogP contribution in [0.3, 0.4) is 0 Å². The summed E-state index contributed by atoms with van der Waals surface area (Å²) in [7, 11) is 2.00. The molecule has 1 N–H and O–H groups in total. The van der Waals surface area contributed by atoms with Crippen LogP contribution in [0.2, 0.25) is 0 Å². The second kappa shape index (κ2) is 6.42. The van der Waals surface area contributed by atoms with Gasteiger partial charge in [-0.1, -0.05) is 6.07 Å². The molecule has 1 aromatic carbocycles. The Morgan fingerprint density at radius 2 is 2.33 bits per heavy atom. The van der Waals surface area contributed by atoms with Gasteiger partial charge in [-0.25, -0.2) is 0 Å². The highest BCUT2D eigenvalue weighted by Crippen LogP contribution is 2.26. The van der Waals surface area contributed by atoms with Crippen LogP contribution in [0.25, 0.3) is 0 Å². The molecule has 1 saturated heterocycles. The number of nitrogens with zero attached hydrogens (tertiary/aromatic N) is 2. The van der Waals surface area contributed by atoms with E-state index in [2.05, 4.69) is 22.4 Å². The first kappa shape index (κ1) is 12.9. The van der Waals surface area contributed by atoms with E-state index in [0.29, 0.717) is 6.04 Å². The maximum Gasteiger partial charge on any atom is 0.0992 e. The van der Waals surface area contributed by atoms with Gasteiger partial charge in [-0.05, 0) is 57.5 Å². The minimum Gasteiger partial charge on any atom is -0.368 e. The van der Waals surface area contributed by atoms with Crippen molar-refractivity contribution in [2.75, 3.05) is 25.0 Å². The van der Waals surface area contributed by atoms with Gasteiger partial charge in [-0.3, -0.25) is 0 Å². The number of nitriles is 1. The van der Waals surface area contributed by atoms with Gasteiger partial charge < -0.3 is 10.2 Å². The van der Waals surface area contributed by atoms with Gasteiger partial charge in [0.1, 0.15) is 0 Å². The van der Waals surface area contributed by atoms with E-state index >= 15 is 0 Å². The monoisotopic (exact) mass is 243 g/mol. The SMILES string of the molecule is CNCCC1CCCCN1c1cccc(C#N)c1. The summed E-state index contributed by atoms with van der Waals surface area (Å²) in [6.45, 7) is 2.17. The average molecular weight is 243 g/mol. The highest BCUT2D eigenvalue weighted by Gasteiger charge is 2.22. The topological polar surface area (TPSA) is 39.1 Å². The van der Waals surface area contributed by atoms with Crippen LogP contribution in [0.15, 0.2) is 24.3 Å². The Labute approximate surface area is 109 Å². The number of piperidine rings is 1. The number of hydrogen-bond acceptors (Lipinski definition) is 3. The van der Waals surface area contributed by atoms with Gasteiger partial charge in [0.15, 0.2) is 0 Å². The number of benzene rings is 1. The zero-order valence-electron chi connectivity index (χ0n) is 11.0. The Kier molecular flexibility index (Phi) is 4.60. The Hall–Kier alpha value is -1.53. The second-order valence-corrected chi connectivity index (χ2v) is 4.90. The normalized spacial score (nSPS) is 19.6. The van der Waals surface area contributed by atoms with Crippen LogP contribution >= 0.6 is 0 Å². The molecule has 1 unspecified atom stereocenters. The lowest BCUT2D eigenvalue weighted by Gasteiger charge is -2.37. The van der Waals surface area contributed by atoms with E-state index in [1.807, 2.05) is 25.2 Å². The van der Waals surface area contributed by atoms with Gasteiger partial charge in [0, 0.05) is 18.3 Å². The van der Waals surface area contributed by atoms with Crippen molar-refractivity contribution < 1.29 is 0 Å². The smallest absolute Gasteiger partial charge is 0.0992 e. The van der Waals surface area contributed by atoms with Gasteiger partial charge in [0.2, 0.25) is 0 Å². The van der Waals surface area contributed by atoms with E-state index in [-0.39, 0.29) is 0 Å². The fraction of sp³-hybridized carbons (Fsp3) is 0.533. The van der Waals surface area contributed by atoms with Crippen LogP contribution in [0.5, 0.6) is 0 Å². The molecule has 1 aromatic rings. The molecule has 3 heteroatoms. The molecule has 0 bridgehead atoms. The molecule has 1 fully saturated rings. The third-order valence-electron chi connectivity index (χ3n) is 3.66. The molecule has 96 valence electrons. The van der Waals surface area contributed by atoms with Crippen LogP contribution in [-0.2, 0) is 0 Å². The lowest BCUT2D eigenvalue weighted by atomic mass is 9.98. The minimum absolute atomic E-state index is 0.611. The summed E-state index contributed by atoms with van der Waals surface area (Å²) in [5, 5.41) is 12.2. The largest absolute Gasteiger partial charge is 0.368 e. The molecule has 1 aliphatic heterocycles. The maximum atomic E-state index is 8.99. The molecule has 2 rings (SSSR count). The van der Waals surface area contributed by atoms with E-state index in [4.69, 9.17) is 5.26 Å². The lowest BCUT2D eigenvalue weighted by Crippen LogP contribution is -2.41. The van der Waals surface area contributed by atoms with Crippen molar-refractivity contribution in [3.63, 3.8) is 0 Å². The molecular weight excluding hydrogens is 222 g/mol. The van der Waals surface area contributed by atoms with Crippen LogP contribution in [0, 0.1) is 11.3 Å². The van der Waals surface area contributed by atoms with E-state index < -0.39 is 0 Å². The molecule has 0 saturated carbocycles. The van der Waals surface area contributed by atoms with E-state index in [9.17, 15) is 0 Å². The maximum absolute atomic E-state index is 8.99. The summed E-state index contributed by atoms with van der Waals surface area (Å²) in [4.78, 5) is 2.47. The predicted octanol–water partition coefficient (Wildman–Crippen LogP) is 2.53. The van der Waals surface area contributed by atoms with Gasteiger partial charge >= 0.3 is 0 Å². The van der Waals surface area contributed by atoms with Crippen molar-refractivity contribution in [1.29, 1.82) is 5.26 Å². The Bertz CT molecular complexity index is 422. The predicted molar refractivity (Wildman–Crippen MR) is 74.7 cm³/mol. The molecule has 1 aliphatic rings. The molecule has 0 aromatic heterocycles. The first-order valence-electron chi connectivity index (χ1n) is 6.76. The summed E-state index contributed by atoms with van der Waals surface area (Å²) in [6.07, 6.45) is 5.02. The number of rotatable bonds is 4. The highest BCUT2D eigenvalue weighted by molar-refractivity contribution is 5.52. The molecule has 0 aliphatic carbocycles. The first-order valence-corrected chi connectivity index (χ1v) is 6.76. The number of hydrogen-bond donors (Lipinski definition) is 1. The molecule has 0 radical (unpaired) electrons. The Balaban J connectivity index is 2.14. The van der Waals surface area contributed by atoms with Crippen LogP contribution in [0.4, 0.5) is 5.69 Å². The summed E-state index contributed by atoms with van der Waals surface area (Å²) in [5.41, 5.74) is 1.96. The zero-order chi connectivity index (χ0) is 12.8. The standard InChI is InChI=1S/C15H21N3/c1-17-9-8-14-6-2-3-10-18(14)15-7-4-5-13(11-15)12-16/h4-5,7,11,14,17H,2-3,6,8-10H2,1H3. The molecule has 18 heavy (non-hydrogen) atoms. The van der Waals surface area contributed by atoms with Crippen molar-refractivity contribution in [3.05, 3.63) is 29.8 Å². The summed E-state index contributed by atoms with van der Waals surface area (Å²) in [6, 6.07) is 10.8. The highest BCUT2D eigenvalue weighted by atomic mass is 15.2. The molecule has 0 spiro atoms. The van der Waals surface area contributed by atoms with Crippen LogP contribution in [-0.4, -0.2) is 26.2 Å².